The molecule has 1 aromatic carbocycles. The third-order valence-corrected chi connectivity index (χ3v) is 3.74. The smallest absolute Gasteiger partial charge is 0.303 e. The predicted octanol–water partition coefficient (Wildman–Crippen LogP) is 3.37. The highest BCUT2D eigenvalue weighted by atomic mass is 32.1. The van der Waals surface area contributed by atoms with Crippen molar-refractivity contribution in [3.05, 3.63) is 46.7 Å². The zero-order valence-corrected chi connectivity index (χ0v) is 11.5. The second-order valence-corrected chi connectivity index (χ2v) is 5.34. The minimum Gasteiger partial charge on any atom is -0.481 e. The molecule has 2 aromatic rings. The molecule has 0 unspecified atom stereocenters. The minimum absolute atomic E-state index is 0.229. The lowest BCUT2D eigenvalue weighted by Gasteiger charge is -2.01. The molecule has 0 aliphatic carbocycles. The van der Waals surface area contributed by atoms with E-state index in [2.05, 4.69) is 28.9 Å². The first-order chi connectivity index (χ1) is 9.25. The molecule has 0 amide bonds. The summed E-state index contributed by atoms with van der Waals surface area (Å²) < 4.78 is 0. The van der Waals surface area contributed by atoms with Crippen LogP contribution >= 0.6 is 11.3 Å². The molecule has 0 fully saturated rings. The molecule has 0 bridgehead atoms. The van der Waals surface area contributed by atoms with Crippen LogP contribution in [0.3, 0.4) is 0 Å². The number of thiophene rings is 1. The highest BCUT2D eigenvalue weighted by Gasteiger charge is 2.02. The van der Waals surface area contributed by atoms with E-state index in [1.54, 1.807) is 11.3 Å². The van der Waals surface area contributed by atoms with Crippen molar-refractivity contribution < 1.29 is 9.90 Å². The lowest BCUT2D eigenvalue weighted by atomic mass is 10.1. The number of hydrogen-bond acceptors (Lipinski definition) is 3. The number of carboxylic acids is 1. The molecule has 4 heteroatoms. The van der Waals surface area contributed by atoms with Crippen molar-refractivity contribution in [2.24, 2.45) is 0 Å². The first kappa shape index (κ1) is 13.8. The molecule has 0 atom stereocenters. The summed E-state index contributed by atoms with van der Waals surface area (Å²) in [5.41, 5.74) is 2.48. The number of nitrogens with one attached hydrogen (secondary N) is 1. The SMILES string of the molecule is O=C(O)CCCNCc1cc(-c2ccccc2)cs1. The summed E-state index contributed by atoms with van der Waals surface area (Å²) in [6.45, 7) is 1.54. The Morgan fingerprint density at radius 2 is 2.00 bits per heavy atom. The van der Waals surface area contributed by atoms with Crippen LogP contribution in [0.2, 0.25) is 0 Å². The molecular formula is C15H17NO2S. The maximum absolute atomic E-state index is 10.4. The van der Waals surface area contributed by atoms with Crippen LogP contribution in [0.25, 0.3) is 11.1 Å². The molecule has 0 aliphatic heterocycles. The minimum atomic E-state index is -0.732. The van der Waals surface area contributed by atoms with E-state index in [1.165, 1.54) is 16.0 Å². The standard InChI is InChI=1S/C15H17NO2S/c17-15(18)7-4-8-16-10-14-9-13(11-19-14)12-5-2-1-3-6-12/h1-3,5-6,9,11,16H,4,7-8,10H2,(H,17,18). The van der Waals surface area contributed by atoms with Gasteiger partial charge in [0.05, 0.1) is 0 Å². The van der Waals surface area contributed by atoms with Gasteiger partial charge in [-0.3, -0.25) is 4.79 Å². The van der Waals surface area contributed by atoms with Crippen LogP contribution in [-0.4, -0.2) is 17.6 Å². The van der Waals surface area contributed by atoms with Gasteiger partial charge in [-0.05, 0) is 35.5 Å². The molecule has 2 rings (SSSR count). The molecule has 3 nitrogen and oxygen atoms in total. The van der Waals surface area contributed by atoms with Crippen LogP contribution in [0.4, 0.5) is 0 Å². The third-order valence-electron chi connectivity index (χ3n) is 2.80. The molecule has 0 aliphatic rings. The van der Waals surface area contributed by atoms with Gasteiger partial charge < -0.3 is 10.4 Å². The van der Waals surface area contributed by atoms with E-state index in [1.807, 2.05) is 18.2 Å². The van der Waals surface area contributed by atoms with Gasteiger partial charge in [-0.15, -0.1) is 11.3 Å². The van der Waals surface area contributed by atoms with Gasteiger partial charge >= 0.3 is 5.97 Å². The zero-order valence-electron chi connectivity index (χ0n) is 10.6. The lowest BCUT2D eigenvalue weighted by Crippen LogP contribution is -2.14. The number of hydrogen-bond donors (Lipinski definition) is 2. The molecule has 0 spiro atoms. The van der Waals surface area contributed by atoms with E-state index in [0.29, 0.717) is 6.42 Å². The molecule has 0 saturated carbocycles. The Kier molecular flexibility index (Phi) is 5.12. The van der Waals surface area contributed by atoms with E-state index < -0.39 is 5.97 Å². The molecule has 0 radical (unpaired) electrons. The number of benzene rings is 1. The van der Waals surface area contributed by atoms with Crippen molar-refractivity contribution in [1.29, 1.82) is 0 Å². The first-order valence-electron chi connectivity index (χ1n) is 6.31. The summed E-state index contributed by atoms with van der Waals surface area (Å²) in [5.74, 6) is -0.732. The molecule has 2 N–H and O–H groups in total. The maximum Gasteiger partial charge on any atom is 0.303 e. The summed E-state index contributed by atoms with van der Waals surface area (Å²) >= 11 is 1.73. The Balaban J connectivity index is 1.80. The van der Waals surface area contributed by atoms with Crippen molar-refractivity contribution >= 4 is 17.3 Å². The van der Waals surface area contributed by atoms with Crippen molar-refractivity contribution in [3.8, 4) is 11.1 Å². The summed E-state index contributed by atoms with van der Waals surface area (Å²) in [5, 5.41) is 14.0. The van der Waals surface area contributed by atoms with Gasteiger partial charge in [-0.2, -0.15) is 0 Å². The van der Waals surface area contributed by atoms with Gasteiger partial charge in [-0.1, -0.05) is 30.3 Å². The molecule has 19 heavy (non-hydrogen) atoms. The summed E-state index contributed by atoms with van der Waals surface area (Å²) in [6, 6.07) is 12.5. The van der Waals surface area contributed by atoms with Crippen LogP contribution in [0, 0.1) is 0 Å². The van der Waals surface area contributed by atoms with E-state index >= 15 is 0 Å². The number of carbonyl (C=O) groups is 1. The second kappa shape index (κ2) is 7.07. The normalized spacial score (nSPS) is 10.5. The summed E-state index contributed by atoms with van der Waals surface area (Å²) in [4.78, 5) is 11.6. The lowest BCUT2D eigenvalue weighted by molar-refractivity contribution is -0.137. The summed E-state index contributed by atoms with van der Waals surface area (Å²) in [7, 11) is 0. The highest BCUT2D eigenvalue weighted by Crippen LogP contribution is 2.25. The highest BCUT2D eigenvalue weighted by molar-refractivity contribution is 7.10. The molecular weight excluding hydrogens is 258 g/mol. The fraction of sp³-hybridized carbons (Fsp3) is 0.267. The zero-order chi connectivity index (χ0) is 13.5. The first-order valence-corrected chi connectivity index (χ1v) is 7.19. The number of carboxylic acid groups (broad SMARTS) is 1. The van der Waals surface area contributed by atoms with Gasteiger partial charge in [-0.25, -0.2) is 0 Å². The molecule has 0 saturated heterocycles. The van der Waals surface area contributed by atoms with E-state index in [-0.39, 0.29) is 6.42 Å². The van der Waals surface area contributed by atoms with Crippen molar-refractivity contribution in [2.45, 2.75) is 19.4 Å². The Morgan fingerprint density at radius 3 is 2.74 bits per heavy atom. The number of aliphatic carboxylic acids is 1. The van der Waals surface area contributed by atoms with Gasteiger partial charge in [0.25, 0.3) is 0 Å². The van der Waals surface area contributed by atoms with E-state index in [0.717, 1.165) is 13.1 Å². The monoisotopic (exact) mass is 275 g/mol. The molecule has 1 aromatic heterocycles. The average Bonchev–Trinajstić information content (AvgIpc) is 2.88. The van der Waals surface area contributed by atoms with Crippen molar-refractivity contribution in [3.63, 3.8) is 0 Å². The average molecular weight is 275 g/mol. The Bertz CT molecular complexity index is 522. The number of rotatable bonds is 7. The van der Waals surface area contributed by atoms with Gasteiger partial charge in [0.1, 0.15) is 0 Å². The van der Waals surface area contributed by atoms with Crippen LogP contribution < -0.4 is 5.32 Å². The van der Waals surface area contributed by atoms with Gasteiger partial charge in [0.2, 0.25) is 0 Å². The molecule has 1 heterocycles. The quantitative estimate of drug-likeness (QED) is 0.762. The Labute approximate surface area is 116 Å². The van der Waals surface area contributed by atoms with Crippen LogP contribution in [0.1, 0.15) is 17.7 Å². The largest absolute Gasteiger partial charge is 0.481 e. The summed E-state index contributed by atoms with van der Waals surface area (Å²) in [6.07, 6.45) is 0.902. The topological polar surface area (TPSA) is 49.3 Å². The third kappa shape index (κ3) is 4.50. The second-order valence-electron chi connectivity index (χ2n) is 4.34. The van der Waals surface area contributed by atoms with Gasteiger partial charge in [0, 0.05) is 17.8 Å². The van der Waals surface area contributed by atoms with Crippen LogP contribution in [0.15, 0.2) is 41.8 Å². The molecule has 100 valence electrons. The van der Waals surface area contributed by atoms with Gasteiger partial charge in [0.15, 0.2) is 0 Å². The van der Waals surface area contributed by atoms with E-state index in [4.69, 9.17) is 5.11 Å². The van der Waals surface area contributed by atoms with Crippen molar-refractivity contribution in [1.82, 2.24) is 5.32 Å². The predicted molar refractivity (Wildman–Crippen MR) is 78.3 cm³/mol. The van der Waals surface area contributed by atoms with Crippen LogP contribution in [-0.2, 0) is 11.3 Å². The Morgan fingerprint density at radius 1 is 1.21 bits per heavy atom. The maximum atomic E-state index is 10.4. The van der Waals surface area contributed by atoms with Crippen molar-refractivity contribution in [2.75, 3.05) is 6.54 Å². The fourth-order valence-corrected chi connectivity index (χ4v) is 2.69. The van der Waals surface area contributed by atoms with E-state index in [9.17, 15) is 4.79 Å². The van der Waals surface area contributed by atoms with Crippen LogP contribution in [0.5, 0.6) is 0 Å². The fourth-order valence-electron chi connectivity index (χ4n) is 1.83. The Hall–Kier alpha value is -1.65.